The number of aryl methyl sites for hydroxylation is 1. The Labute approximate surface area is 86.9 Å². The van der Waals surface area contributed by atoms with Gasteiger partial charge in [0.05, 0.1) is 7.11 Å². The molecule has 15 heavy (non-hydrogen) atoms. The van der Waals surface area contributed by atoms with Crippen LogP contribution in [0.4, 0.5) is 5.95 Å². The highest BCUT2D eigenvalue weighted by atomic mass is 16.5. The van der Waals surface area contributed by atoms with Crippen LogP contribution in [-0.4, -0.2) is 17.3 Å². The summed E-state index contributed by atoms with van der Waals surface area (Å²) in [5.41, 5.74) is 7.21. The van der Waals surface area contributed by atoms with Crippen LogP contribution < -0.4 is 10.5 Å². The lowest BCUT2D eigenvalue weighted by molar-refractivity contribution is 0.410. The van der Waals surface area contributed by atoms with E-state index in [1.165, 1.54) is 0 Å². The Morgan fingerprint density at radius 3 is 2.80 bits per heavy atom. The van der Waals surface area contributed by atoms with Crippen LogP contribution in [0.3, 0.4) is 0 Å². The number of rotatable bonds is 2. The van der Waals surface area contributed by atoms with Crippen molar-refractivity contribution in [3.63, 3.8) is 0 Å². The minimum Gasteiger partial charge on any atom is -0.496 e. The minimum absolute atomic E-state index is 0.129. The van der Waals surface area contributed by atoms with Crippen LogP contribution in [0.15, 0.2) is 22.7 Å². The van der Waals surface area contributed by atoms with E-state index in [2.05, 4.69) is 10.1 Å². The third-order valence-electron chi connectivity index (χ3n) is 2.10. The maximum atomic E-state index is 5.37. The summed E-state index contributed by atoms with van der Waals surface area (Å²) in [7, 11) is 1.62. The molecule has 0 aliphatic carbocycles. The normalized spacial score (nSPS) is 10.3. The van der Waals surface area contributed by atoms with Gasteiger partial charge >= 0.3 is 0 Å². The van der Waals surface area contributed by atoms with Gasteiger partial charge in [-0.05, 0) is 29.8 Å². The largest absolute Gasteiger partial charge is 0.496 e. The predicted octanol–water partition coefficient (Wildman–Crippen LogP) is 1.64. The fourth-order valence-corrected chi connectivity index (χ4v) is 1.31. The highest BCUT2D eigenvalue weighted by molar-refractivity contribution is 5.58. The van der Waals surface area contributed by atoms with Crippen LogP contribution in [0.1, 0.15) is 5.56 Å². The van der Waals surface area contributed by atoms with Gasteiger partial charge in [0.1, 0.15) is 5.75 Å². The van der Waals surface area contributed by atoms with E-state index in [4.69, 9.17) is 15.0 Å². The van der Waals surface area contributed by atoms with Crippen molar-refractivity contribution in [2.24, 2.45) is 0 Å². The first-order chi connectivity index (χ1) is 7.20. The van der Waals surface area contributed by atoms with E-state index in [1.54, 1.807) is 7.11 Å². The maximum Gasteiger partial charge on any atom is 0.261 e. The lowest BCUT2D eigenvalue weighted by Gasteiger charge is -2.04. The van der Waals surface area contributed by atoms with Crippen molar-refractivity contribution in [3.05, 3.63) is 23.8 Å². The van der Waals surface area contributed by atoms with E-state index < -0.39 is 0 Å². The fraction of sp³-hybridized carbons (Fsp3) is 0.200. The topological polar surface area (TPSA) is 74.2 Å². The Hall–Kier alpha value is -2.04. The van der Waals surface area contributed by atoms with Crippen LogP contribution in [0.25, 0.3) is 11.5 Å². The van der Waals surface area contributed by atoms with Crippen LogP contribution in [-0.2, 0) is 0 Å². The second-order valence-corrected chi connectivity index (χ2v) is 3.14. The first kappa shape index (κ1) is 9.51. The van der Waals surface area contributed by atoms with Crippen LogP contribution in [0, 0.1) is 6.92 Å². The van der Waals surface area contributed by atoms with Gasteiger partial charge < -0.3 is 15.0 Å². The molecule has 0 saturated carbocycles. The van der Waals surface area contributed by atoms with Gasteiger partial charge in [-0.2, -0.15) is 4.98 Å². The molecule has 0 amide bonds. The molecule has 0 unspecified atom stereocenters. The lowest BCUT2D eigenvalue weighted by Crippen LogP contribution is -1.89. The molecule has 0 fully saturated rings. The third kappa shape index (κ3) is 1.76. The molecular weight excluding hydrogens is 194 g/mol. The quantitative estimate of drug-likeness (QED) is 0.806. The molecule has 0 aliphatic rings. The van der Waals surface area contributed by atoms with Gasteiger partial charge in [0, 0.05) is 5.56 Å². The zero-order valence-electron chi connectivity index (χ0n) is 8.52. The zero-order chi connectivity index (χ0) is 10.8. The van der Waals surface area contributed by atoms with Crippen molar-refractivity contribution < 1.29 is 9.26 Å². The SMILES string of the molecule is COc1cc(-c2nc(N)no2)ccc1C. The molecular formula is C10H11N3O2. The number of hydrogen-bond acceptors (Lipinski definition) is 5. The summed E-state index contributed by atoms with van der Waals surface area (Å²) in [5.74, 6) is 1.31. The van der Waals surface area contributed by atoms with Gasteiger partial charge in [0.25, 0.3) is 11.8 Å². The van der Waals surface area contributed by atoms with E-state index in [-0.39, 0.29) is 5.95 Å². The monoisotopic (exact) mass is 205 g/mol. The standard InChI is InChI=1S/C10H11N3O2/c1-6-3-4-7(5-8(6)14-2)9-12-10(11)13-15-9/h3-5H,1-2H3,(H2,11,13). The van der Waals surface area contributed by atoms with E-state index in [0.717, 1.165) is 16.9 Å². The number of aromatic nitrogens is 2. The van der Waals surface area contributed by atoms with Crippen molar-refractivity contribution in [2.45, 2.75) is 6.92 Å². The Bertz CT molecular complexity index is 479. The summed E-state index contributed by atoms with van der Waals surface area (Å²) in [6.07, 6.45) is 0. The van der Waals surface area contributed by atoms with E-state index in [0.29, 0.717) is 5.89 Å². The Balaban J connectivity index is 2.45. The molecule has 0 spiro atoms. The molecule has 2 N–H and O–H groups in total. The summed E-state index contributed by atoms with van der Waals surface area (Å²) >= 11 is 0. The molecule has 1 heterocycles. The van der Waals surface area contributed by atoms with Gasteiger partial charge in [-0.3, -0.25) is 0 Å². The van der Waals surface area contributed by atoms with Crippen molar-refractivity contribution >= 4 is 5.95 Å². The van der Waals surface area contributed by atoms with Gasteiger partial charge in [-0.15, -0.1) is 0 Å². The molecule has 5 nitrogen and oxygen atoms in total. The maximum absolute atomic E-state index is 5.37. The summed E-state index contributed by atoms with van der Waals surface area (Å²) in [5, 5.41) is 3.52. The molecule has 0 aliphatic heterocycles. The zero-order valence-corrected chi connectivity index (χ0v) is 8.52. The van der Waals surface area contributed by atoms with Crippen molar-refractivity contribution in [3.8, 4) is 17.2 Å². The van der Waals surface area contributed by atoms with Crippen molar-refractivity contribution in [1.29, 1.82) is 0 Å². The molecule has 1 aromatic heterocycles. The average molecular weight is 205 g/mol. The molecule has 0 saturated heterocycles. The number of anilines is 1. The number of hydrogen-bond donors (Lipinski definition) is 1. The second kappa shape index (κ2) is 3.61. The van der Waals surface area contributed by atoms with Gasteiger partial charge in [-0.25, -0.2) is 0 Å². The first-order valence-electron chi connectivity index (χ1n) is 4.45. The first-order valence-corrected chi connectivity index (χ1v) is 4.45. The highest BCUT2D eigenvalue weighted by Crippen LogP contribution is 2.25. The molecule has 0 bridgehead atoms. The Morgan fingerprint density at radius 1 is 1.40 bits per heavy atom. The molecule has 5 heteroatoms. The average Bonchev–Trinajstić information content (AvgIpc) is 2.66. The summed E-state index contributed by atoms with van der Waals surface area (Å²) in [6.45, 7) is 1.96. The number of nitrogens with zero attached hydrogens (tertiary/aromatic N) is 2. The lowest BCUT2D eigenvalue weighted by atomic mass is 10.1. The van der Waals surface area contributed by atoms with E-state index in [9.17, 15) is 0 Å². The van der Waals surface area contributed by atoms with Gasteiger partial charge in [0.15, 0.2) is 0 Å². The number of nitrogens with two attached hydrogens (primary N) is 1. The third-order valence-corrected chi connectivity index (χ3v) is 2.10. The van der Waals surface area contributed by atoms with Crippen LogP contribution in [0.2, 0.25) is 0 Å². The summed E-state index contributed by atoms with van der Waals surface area (Å²) in [6, 6.07) is 5.64. The molecule has 0 radical (unpaired) electrons. The fourth-order valence-electron chi connectivity index (χ4n) is 1.31. The van der Waals surface area contributed by atoms with Crippen molar-refractivity contribution in [1.82, 2.24) is 10.1 Å². The summed E-state index contributed by atoms with van der Waals surface area (Å²) < 4.78 is 10.1. The highest BCUT2D eigenvalue weighted by Gasteiger charge is 2.08. The Kier molecular flexibility index (Phi) is 2.29. The molecule has 2 rings (SSSR count). The molecule has 2 aromatic rings. The van der Waals surface area contributed by atoms with Crippen LogP contribution >= 0.6 is 0 Å². The van der Waals surface area contributed by atoms with Gasteiger partial charge in [-0.1, -0.05) is 6.07 Å². The van der Waals surface area contributed by atoms with E-state index in [1.807, 2.05) is 25.1 Å². The number of nitrogen functional groups attached to an aromatic ring is 1. The molecule has 1 aromatic carbocycles. The van der Waals surface area contributed by atoms with Gasteiger partial charge in [0.2, 0.25) is 0 Å². The summed E-state index contributed by atoms with van der Waals surface area (Å²) in [4.78, 5) is 3.93. The minimum atomic E-state index is 0.129. The number of ether oxygens (including phenoxy) is 1. The molecule has 0 atom stereocenters. The van der Waals surface area contributed by atoms with Crippen molar-refractivity contribution in [2.75, 3.05) is 12.8 Å². The number of methoxy groups -OCH3 is 1. The second-order valence-electron chi connectivity index (χ2n) is 3.14. The molecule has 78 valence electrons. The Morgan fingerprint density at radius 2 is 2.20 bits per heavy atom. The number of benzene rings is 1. The van der Waals surface area contributed by atoms with Crippen LogP contribution in [0.5, 0.6) is 5.75 Å². The predicted molar refractivity (Wildman–Crippen MR) is 55.4 cm³/mol. The van der Waals surface area contributed by atoms with E-state index >= 15 is 0 Å². The smallest absolute Gasteiger partial charge is 0.261 e.